The van der Waals surface area contributed by atoms with Gasteiger partial charge in [-0.2, -0.15) is 13.2 Å². The lowest BCUT2D eigenvalue weighted by Crippen LogP contribution is -2.09. The molecule has 1 aromatic carbocycles. The van der Waals surface area contributed by atoms with Gasteiger partial charge < -0.3 is 9.84 Å². The highest BCUT2D eigenvalue weighted by Crippen LogP contribution is 2.35. The van der Waals surface area contributed by atoms with Crippen LogP contribution in [0.25, 0.3) is 0 Å². The normalized spacial score (nSPS) is 13.5. The van der Waals surface area contributed by atoms with E-state index in [1.165, 1.54) is 6.07 Å². The van der Waals surface area contributed by atoms with Crippen LogP contribution in [0.4, 0.5) is 13.2 Å². The number of halogens is 3. The zero-order valence-electron chi connectivity index (χ0n) is 9.42. The Labute approximate surface area is 98.0 Å². The highest BCUT2D eigenvalue weighted by molar-refractivity contribution is 5.41. The molecular weight excluding hydrogens is 233 g/mol. The summed E-state index contributed by atoms with van der Waals surface area (Å²) >= 11 is 0. The molecule has 0 aromatic heterocycles. The van der Waals surface area contributed by atoms with E-state index in [0.29, 0.717) is 12.4 Å². The monoisotopic (exact) mass is 247 g/mol. The largest absolute Gasteiger partial charge is 0.494 e. The molecule has 0 fully saturated rings. The van der Waals surface area contributed by atoms with E-state index in [2.05, 4.69) is 6.92 Å². The summed E-state index contributed by atoms with van der Waals surface area (Å²) in [6.45, 7) is 5.34. The predicted octanol–water partition coefficient (Wildman–Crippen LogP) is 3.01. The average Bonchev–Trinajstić information content (AvgIpc) is 2.27. The Morgan fingerprint density at radius 1 is 1.41 bits per heavy atom. The van der Waals surface area contributed by atoms with Crippen LogP contribution >= 0.6 is 0 Å². The first-order valence-corrected chi connectivity index (χ1v) is 5.18. The van der Waals surface area contributed by atoms with Crippen molar-refractivity contribution < 1.29 is 23.0 Å². The van der Waals surface area contributed by atoms with Crippen molar-refractivity contribution in [3.05, 3.63) is 36.2 Å². The van der Waals surface area contributed by atoms with E-state index < -0.39 is 17.7 Å². The number of alkyl halides is 3. The van der Waals surface area contributed by atoms with E-state index in [9.17, 15) is 13.2 Å². The molecule has 0 bridgehead atoms. The Hall–Kier alpha value is -1.23. The molecule has 0 spiro atoms. The van der Waals surface area contributed by atoms with Gasteiger partial charge in [-0.1, -0.05) is 0 Å². The van der Waals surface area contributed by atoms with Crippen molar-refractivity contribution in [3.8, 4) is 5.75 Å². The van der Waals surface area contributed by atoms with Crippen LogP contribution in [-0.4, -0.2) is 18.3 Å². The fraction of sp³-hybridized carbons (Fsp3) is 0.417. The van der Waals surface area contributed by atoms with Crippen LogP contribution in [0, 0.1) is 6.92 Å². The standard InChI is InChI=1S/C12H14F3O2/c1-3-17-11-5-4-9(12(13,14)15)6-10(11)8(2)7-16/h4-6,8,16H,2-3,7H2,1H3. The molecule has 1 radical (unpaired) electrons. The summed E-state index contributed by atoms with van der Waals surface area (Å²) in [7, 11) is 0. The zero-order valence-corrected chi connectivity index (χ0v) is 9.42. The third-order valence-corrected chi connectivity index (χ3v) is 2.30. The van der Waals surface area contributed by atoms with E-state index >= 15 is 0 Å². The van der Waals surface area contributed by atoms with Crippen LogP contribution in [0.15, 0.2) is 18.2 Å². The van der Waals surface area contributed by atoms with Gasteiger partial charge >= 0.3 is 6.18 Å². The Balaban J connectivity index is 3.19. The van der Waals surface area contributed by atoms with Gasteiger partial charge in [0.25, 0.3) is 0 Å². The number of rotatable bonds is 4. The van der Waals surface area contributed by atoms with Crippen LogP contribution in [0.2, 0.25) is 0 Å². The van der Waals surface area contributed by atoms with Gasteiger partial charge in [-0.25, -0.2) is 0 Å². The summed E-state index contributed by atoms with van der Waals surface area (Å²) in [5.74, 6) is -0.312. The molecule has 1 atom stereocenters. The summed E-state index contributed by atoms with van der Waals surface area (Å²) in [5.41, 5.74) is -0.498. The quantitative estimate of drug-likeness (QED) is 0.886. The third-order valence-electron chi connectivity index (χ3n) is 2.30. The van der Waals surface area contributed by atoms with Gasteiger partial charge in [0.05, 0.1) is 18.8 Å². The van der Waals surface area contributed by atoms with Crippen LogP contribution in [0.5, 0.6) is 5.75 Å². The first-order valence-electron chi connectivity index (χ1n) is 5.18. The first kappa shape index (κ1) is 13.8. The van der Waals surface area contributed by atoms with E-state index in [1.807, 2.05) is 0 Å². The van der Waals surface area contributed by atoms with Crippen LogP contribution in [-0.2, 0) is 6.18 Å². The molecule has 2 nitrogen and oxygen atoms in total. The van der Waals surface area contributed by atoms with Gasteiger partial charge in [-0.3, -0.25) is 0 Å². The molecule has 1 rings (SSSR count). The van der Waals surface area contributed by atoms with Crippen molar-refractivity contribution in [1.29, 1.82) is 0 Å². The molecule has 0 aliphatic carbocycles. The lowest BCUT2D eigenvalue weighted by molar-refractivity contribution is -0.137. The van der Waals surface area contributed by atoms with Crippen molar-refractivity contribution >= 4 is 0 Å². The Bertz CT molecular complexity index is 375. The smallest absolute Gasteiger partial charge is 0.416 e. The zero-order chi connectivity index (χ0) is 13.1. The minimum absolute atomic E-state index is 0.268. The average molecular weight is 247 g/mol. The van der Waals surface area contributed by atoms with Crippen molar-refractivity contribution in [2.24, 2.45) is 0 Å². The minimum Gasteiger partial charge on any atom is -0.494 e. The molecule has 1 aromatic rings. The maximum absolute atomic E-state index is 12.5. The third kappa shape index (κ3) is 3.36. The fourth-order valence-corrected chi connectivity index (χ4v) is 1.43. The summed E-state index contributed by atoms with van der Waals surface area (Å²) in [6.07, 6.45) is -4.41. The Morgan fingerprint density at radius 2 is 2.06 bits per heavy atom. The lowest BCUT2D eigenvalue weighted by Gasteiger charge is -2.17. The molecule has 0 saturated heterocycles. The second-order valence-electron chi connectivity index (χ2n) is 3.56. The van der Waals surface area contributed by atoms with Gasteiger partial charge in [0, 0.05) is 11.5 Å². The molecule has 0 aliphatic heterocycles. The summed E-state index contributed by atoms with van der Waals surface area (Å²) in [6, 6.07) is 3.19. The Kier molecular flexibility index (Phi) is 4.40. The van der Waals surface area contributed by atoms with E-state index in [1.54, 1.807) is 6.92 Å². The van der Waals surface area contributed by atoms with Crippen molar-refractivity contribution in [1.82, 2.24) is 0 Å². The summed E-state index contributed by atoms with van der Waals surface area (Å²) in [5, 5.41) is 8.98. The number of aliphatic hydroxyl groups is 1. The molecular formula is C12H14F3O2. The molecule has 1 N–H and O–H groups in total. The number of benzene rings is 1. The summed E-state index contributed by atoms with van der Waals surface area (Å²) in [4.78, 5) is 0. The molecule has 17 heavy (non-hydrogen) atoms. The molecule has 95 valence electrons. The molecule has 5 heteroatoms. The molecule has 0 amide bonds. The van der Waals surface area contributed by atoms with Crippen molar-refractivity contribution in [2.45, 2.75) is 19.0 Å². The van der Waals surface area contributed by atoms with E-state index in [-0.39, 0.29) is 12.2 Å². The second kappa shape index (κ2) is 5.40. The van der Waals surface area contributed by atoms with Gasteiger partial charge in [0.1, 0.15) is 5.75 Å². The Morgan fingerprint density at radius 3 is 2.53 bits per heavy atom. The predicted molar refractivity (Wildman–Crippen MR) is 57.8 cm³/mol. The SMILES string of the molecule is [CH2]C(CO)c1cc(C(F)(F)F)ccc1OCC. The lowest BCUT2D eigenvalue weighted by atomic mass is 9.98. The van der Waals surface area contributed by atoms with E-state index in [0.717, 1.165) is 12.1 Å². The van der Waals surface area contributed by atoms with Crippen LogP contribution < -0.4 is 4.74 Å². The molecule has 0 saturated carbocycles. The van der Waals surface area contributed by atoms with E-state index in [4.69, 9.17) is 9.84 Å². The maximum atomic E-state index is 12.5. The van der Waals surface area contributed by atoms with Crippen LogP contribution in [0.3, 0.4) is 0 Å². The highest BCUT2D eigenvalue weighted by Gasteiger charge is 2.31. The second-order valence-corrected chi connectivity index (χ2v) is 3.56. The first-order chi connectivity index (χ1) is 7.90. The number of ether oxygens (including phenoxy) is 1. The number of aliphatic hydroxyl groups excluding tert-OH is 1. The molecule has 0 aliphatic rings. The van der Waals surface area contributed by atoms with Gasteiger partial charge in [0.15, 0.2) is 0 Å². The molecule has 1 unspecified atom stereocenters. The number of hydrogen-bond donors (Lipinski definition) is 1. The molecule has 0 heterocycles. The summed E-state index contributed by atoms with van der Waals surface area (Å²) < 4.78 is 42.8. The van der Waals surface area contributed by atoms with Gasteiger partial charge in [-0.15, -0.1) is 0 Å². The highest BCUT2D eigenvalue weighted by atomic mass is 19.4. The minimum atomic E-state index is -4.41. The van der Waals surface area contributed by atoms with Crippen LogP contribution in [0.1, 0.15) is 24.0 Å². The number of hydrogen-bond acceptors (Lipinski definition) is 2. The fourth-order valence-electron chi connectivity index (χ4n) is 1.43. The van der Waals surface area contributed by atoms with Crippen molar-refractivity contribution in [3.63, 3.8) is 0 Å². The topological polar surface area (TPSA) is 29.5 Å². The van der Waals surface area contributed by atoms with Gasteiger partial charge in [-0.05, 0) is 32.0 Å². The maximum Gasteiger partial charge on any atom is 0.416 e. The van der Waals surface area contributed by atoms with Crippen molar-refractivity contribution in [2.75, 3.05) is 13.2 Å². The van der Waals surface area contributed by atoms with Gasteiger partial charge in [0.2, 0.25) is 0 Å².